The van der Waals surface area contributed by atoms with Crippen molar-refractivity contribution in [1.82, 2.24) is 0 Å². The van der Waals surface area contributed by atoms with Crippen LogP contribution < -0.4 is 10.6 Å². The highest BCUT2D eigenvalue weighted by molar-refractivity contribution is 6.30. The van der Waals surface area contributed by atoms with Crippen LogP contribution in [0.5, 0.6) is 0 Å². The smallest absolute Gasteiger partial charge is 0.294 e. The van der Waals surface area contributed by atoms with Gasteiger partial charge in [-0.2, -0.15) is 0 Å². The predicted molar refractivity (Wildman–Crippen MR) is 113 cm³/mol. The van der Waals surface area contributed by atoms with Crippen molar-refractivity contribution in [2.75, 3.05) is 10.6 Å². The molecule has 0 radical (unpaired) electrons. The van der Waals surface area contributed by atoms with Crippen LogP contribution in [0, 0.1) is 0 Å². The van der Waals surface area contributed by atoms with Crippen molar-refractivity contribution in [2.45, 2.75) is 6.04 Å². The van der Waals surface area contributed by atoms with Crippen LogP contribution in [0.3, 0.4) is 0 Å². The topological polar surface area (TPSA) is 83.6 Å². The van der Waals surface area contributed by atoms with Crippen molar-refractivity contribution in [1.29, 1.82) is 0 Å². The quantitative estimate of drug-likeness (QED) is 0.487. The third-order valence-electron chi connectivity index (χ3n) is 4.82. The third kappa shape index (κ3) is 3.37. The van der Waals surface area contributed by atoms with Gasteiger partial charge in [-0.05, 0) is 42.0 Å². The standard InChI is InChI=1S/C23H17ClN2O3/c24-16-11-9-14(10-12-16)20-19(21(27)15-5-4-6-17(25)13-15)22(28)23(29)26(20)18-7-2-1-3-8-18/h1-13,20,28H,25H2. The molecule has 1 unspecified atom stereocenters. The molecule has 144 valence electrons. The number of Topliss-reactive ketones (excluding diaryl/α,β-unsaturated/α-hetero) is 1. The first-order valence-corrected chi connectivity index (χ1v) is 9.32. The molecule has 1 heterocycles. The number of hydrogen-bond donors (Lipinski definition) is 2. The number of benzene rings is 3. The fourth-order valence-corrected chi connectivity index (χ4v) is 3.61. The van der Waals surface area contributed by atoms with E-state index in [0.717, 1.165) is 0 Å². The SMILES string of the molecule is Nc1cccc(C(=O)C2=C(O)C(=O)N(c3ccccc3)C2c2ccc(Cl)cc2)c1. The summed E-state index contributed by atoms with van der Waals surface area (Å²) in [7, 11) is 0. The molecule has 3 aromatic carbocycles. The number of para-hydroxylation sites is 1. The number of aliphatic hydroxyl groups excluding tert-OH is 1. The summed E-state index contributed by atoms with van der Waals surface area (Å²) < 4.78 is 0. The Labute approximate surface area is 172 Å². The summed E-state index contributed by atoms with van der Waals surface area (Å²) in [5.41, 5.74) is 7.76. The first-order chi connectivity index (χ1) is 14.0. The second kappa shape index (κ2) is 7.45. The minimum absolute atomic E-state index is 0.00627. The fraction of sp³-hybridized carbons (Fsp3) is 0.0435. The van der Waals surface area contributed by atoms with Crippen LogP contribution in [0.4, 0.5) is 11.4 Å². The predicted octanol–water partition coefficient (Wildman–Crippen LogP) is 4.71. The molecule has 0 fully saturated rings. The average molecular weight is 405 g/mol. The molecular formula is C23H17ClN2O3. The highest BCUT2D eigenvalue weighted by atomic mass is 35.5. The number of rotatable bonds is 4. The molecule has 1 aliphatic rings. The van der Waals surface area contributed by atoms with Crippen molar-refractivity contribution in [2.24, 2.45) is 0 Å². The van der Waals surface area contributed by atoms with E-state index in [0.29, 0.717) is 27.5 Å². The van der Waals surface area contributed by atoms with Crippen molar-refractivity contribution in [3.05, 3.63) is 106 Å². The Morgan fingerprint density at radius 2 is 1.66 bits per heavy atom. The first-order valence-electron chi connectivity index (χ1n) is 8.95. The zero-order valence-corrected chi connectivity index (χ0v) is 16.0. The van der Waals surface area contributed by atoms with Gasteiger partial charge in [0, 0.05) is 22.0 Å². The van der Waals surface area contributed by atoms with E-state index in [1.807, 2.05) is 6.07 Å². The second-order valence-electron chi connectivity index (χ2n) is 6.68. The van der Waals surface area contributed by atoms with Crippen molar-refractivity contribution in [3.63, 3.8) is 0 Å². The summed E-state index contributed by atoms with van der Waals surface area (Å²) in [6.07, 6.45) is 0. The molecule has 1 aliphatic heterocycles. The summed E-state index contributed by atoms with van der Waals surface area (Å²) in [5.74, 6) is -1.66. The number of halogens is 1. The van der Waals surface area contributed by atoms with E-state index >= 15 is 0 Å². The summed E-state index contributed by atoms with van der Waals surface area (Å²) in [6, 6.07) is 21.4. The Morgan fingerprint density at radius 3 is 2.31 bits per heavy atom. The van der Waals surface area contributed by atoms with Gasteiger partial charge in [0.15, 0.2) is 11.5 Å². The largest absolute Gasteiger partial charge is 0.503 e. The molecule has 3 N–H and O–H groups in total. The Bertz CT molecular complexity index is 1120. The number of nitrogens with two attached hydrogens (primary N) is 1. The van der Waals surface area contributed by atoms with Gasteiger partial charge in [0.05, 0.1) is 11.6 Å². The highest BCUT2D eigenvalue weighted by Gasteiger charge is 2.44. The summed E-state index contributed by atoms with van der Waals surface area (Å²) in [4.78, 5) is 27.7. The summed E-state index contributed by atoms with van der Waals surface area (Å²) in [5, 5.41) is 11.2. The molecule has 0 saturated heterocycles. The van der Waals surface area contributed by atoms with Crippen LogP contribution in [0.1, 0.15) is 22.0 Å². The molecule has 0 aliphatic carbocycles. The maximum absolute atomic E-state index is 13.3. The third-order valence-corrected chi connectivity index (χ3v) is 5.07. The van der Waals surface area contributed by atoms with Crippen LogP contribution in [-0.4, -0.2) is 16.8 Å². The molecule has 0 saturated carbocycles. The second-order valence-corrected chi connectivity index (χ2v) is 7.12. The van der Waals surface area contributed by atoms with E-state index in [1.54, 1.807) is 66.7 Å². The Balaban J connectivity index is 1.88. The Morgan fingerprint density at radius 1 is 0.966 bits per heavy atom. The van der Waals surface area contributed by atoms with Gasteiger partial charge in [-0.1, -0.05) is 54.1 Å². The molecule has 1 atom stereocenters. The number of carbonyl (C=O) groups is 2. The molecule has 5 nitrogen and oxygen atoms in total. The molecule has 6 heteroatoms. The van der Waals surface area contributed by atoms with Crippen LogP contribution in [0.25, 0.3) is 0 Å². The lowest BCUT2D eigenvalue weighted by Crippen LogP contribution is -2.31. The minimum Gasteiger partial charge on any atom is -0.503 e. The molecule has 1 amide bonds. The number of nitrogen functional groups attached to an aromatic ring is 1. The van der Waals surface area contributed by atoms with Gasteiger partial charge in [0.25, 0.3) is 5.91 Å². The van der Waals surface area contributed by atoms with Gasteiger partial charge < -0.3 is 10.8 Å². The van der Waals surface area contributed by atoms with Gasteiger partial charge in [0.2, 0.25) is 0 Å². The maximum Gasteiger partial charge on any atom is 0.294 e. The number of hydrogen-bond acceptors (Lipinski definition) is 4. The number of anilines is 2. The highest BCUT2D eigenvalue weighted by Crippen LogP contribution is 2.42. The fourth-order valence-electron chi connectivity index (χ4n) is 3.49. The zero-order valence-electron chi connectivity index (χ0n) is 15.2. The first kappa shape index (κ1) is 18.8. The van der Waals surface area contributed by atoms with E-state index in [4.69, 9.17) is 17.3 Å². The van der Waals surface area contributed by atoms with E-state index in [9.17, 15) is 14.7 Å². The van der Waals surface area contributed by atoms with Gasteiger partial charge in [-0.25, -0.2) is 0 Å². The van der Waals surface area contributed by atoms with Crippen molar-refractivity contribution in [3.8, 4) is 0 Å². The van der Waals surface area contributed by atoms with E-state index in [1.165, 1.54) is 11.0 Å². The zero-order chi connectivity index (χ0) is 20.5. The van der Waals surface area contributed by atoms with Gasteiger partial charge >= 0.3 is 0 Å². The lowest BCUT2D eigenvalue weighted by atomic mass is 9.92. The van der Waals surface area contributed by atoms with Gasteiger partial charge in [-0.3, -0.25) is 14.5 Å². The number of aliphatic hydroxyl groups is 1. The van der Waals surface area contributed by atoms with E-state index in [-0.39, 0.29) is 5.57 Å². The lowest BCUT2D eigenvalue weighted by molar-refractivity contribution is -0.117. The van der Waals surface area contributed by atoms with Crippen LogP contribution in [0.2, 0.25) is 5.02 Å². The van der Waals surface area contributed by atoms with Gasteiger partial charge in [0.1, 0.15) is 0 Å². The summed E-state index contributed by atoms with van der Waals surface area (Å²) >= 11 is 6.02. The molecule has 3 aromatic rings. The Hall–Kier alpha value is -3.57. The van der Waals surface area contributed by atoms with E-state index in [2.05, 4.69) is 0 Å². The van der Waals surface area contributed by atoms with Crippen molar-refractivity contribution < 1.29 is 14.7 Å². The van der Waals surface area contributed by atoms with Gasteiger partial charge in [-0.15, -0.1) is 0 Å². The van der Waals surface area contributed by atoms with Crippen LogP contribution >= 0.6 is 11.6 Å². The van der Waals surface area contributed by atoms with Crippen molar-refractivity contribution >= 4 is 34.7 Å². The normalized spacial score (nSPS) is 16.4. The molecule has 0 aromatic heterocycles. The Kier molecular flexibility index (Phi) is 4.82. The van der Waals surface area contributed by atoms with Crippen LogP contribution in [-0.2, 0) is 4.79 Å². The number of amides is 1. The number of carbonyl (C=O) groups excluding carboxylic acids is 2. The molecule has 0 spiro atoms. The minimum atomic E-state index is -0.795. The lowest BCUT2D eigenvalue weighted by Gasteiger charge is -2.27. The summed E-state index contributed by atoms with van der Waals surface area (Å²) in [6.45, 7) is 0. The number of nitrogens with zero attached hydrogens (tertiary/aromatic N) is 1. The molecular weight excluding hydrogens is 388 g/mol. The average Bonchev–Trinajstić information content (AvgIpc) is 2.99. The number of ketones is 1. The molecule has 0 bridgehead atoms. The monoisotopic (exact) mass is 404 g/mol. The van der Waals surface area contributed by atoms with E-state index < -0.39 is 23.5 Å². The van der Waals surface area contributed by atoms with Crippen LogP contribution in [0.15, 0.2) is 90.2 Å². The maximum atomic E-state index is 13.3. The molecule has 29 heavy (non-hydrogen) atoms. The molecule has 4 rings (SSSR count).